The average Bonchev–Trinajstić information content (AvgIpc) is 2.85. The Balaban J connectivity index is 2.23. The molecule has 2 aromatic carbocycles. The quantitative estimate of drug-likeness (QED) is 0.562. The minimum atomic E-state index is -3.69. The summed E-state index contributed by atoms with van der Waals surface area (Å²) in [6.07, 6.45) is -18.4. The van der Waals surface area contributed by atoms with Crippen LogP contribution in [0.1, 0.15) is 69.0 Å². The van der Waals surface area contributed by atoms with Crippen molar-refractivity contribution in [2.75, 3.05) is 7.11 Å². The van der Waals surface area contributed by atoms with Crippen molar-refractivity contribution in [2.24, 2.45) is 0 Å². The Morgan fingerprint density at radius 3 is 2.38 bits per heavy atom. The maximum Gasteiger partial charge on any atom is 0.357 e. The Labute approximate surface area is 169 Å². The van der Waals surface area contributed by atoms with Gasteiger partial charge < -0.3 is 4.74 Å². The van der Waals surface area contributed by atoms with Gasteiger partial charge in [0.15, 0.2) is 5.69 Å². The largest absolute Gasteiger partial charge is 0.464 e. The van der Waals surface area contributed by atoms with Crippen LogP contribution < -0.4 is 0 Å². The molecule has 1 aromatic heterocycles. The summed E-state index contributed by atoms with van der Waals surface area (Å²) >= 11 is 0. The molecule has 1 aliphatic rings. The SMILES string of the molecule is [2H]C1([2H])C([2H])([2H])C([2H])([2H])C([2H])(c2nc(C(=O)OC)c(-c3ccccc3)c3ccccc23)C([2H])([2H])C1([2H])[2H]. The summed E-state index contributed by atoms with van der Waals surface area (Å²) in [6, 6.07) is 14.5. The van der Waals surface area contributed by atoms with E-state index in [1.807, 2.05) is 0 Å². The molecule has 1 fully saturated rings. The summed E-state index contributed by atoms with van der Waals surface area (Å²) in [6.45, 7) is 0. The Hall–Kier alpha value is -2.68. The summed E-state index contributed by atoms with van der Waals surface area (Å²) in [5, 5.41) is 0.220. The number of hydrogen-bond acceptors (Lipinski definition) is 3. The lowest BCUT2D eigenvalue weighted by atomic mass is 9.83. The highest BCUT2D eigenvalue weighted by Gasteiger charge is 2.25. The summed E-state index contributed by atoms with van der Waals surface area (Å²) in [4.78, 5) is 17.1. The lowest BCUT2D eigenvalue weighted by Gasteiger charge is -2.24. The number of carbonyl (C=O) groups excluding carboxylic acids is 1. The molecule has 132 valence electrons. The smallest absolute Gasteiger partial charge is 0.357 e. The second-order valence-electron chi connectivity index (χ2n) is 5.59. The van der Waals surface area contributed by atoms with Crippen molar-refractivity contribution in [1.29, 1.82) is 0 Å². The highest BCUT2D eigenvalue weighted by Crippen LogP contribution is 2.39. The predicted octanol–water partition coefficient (Wildman–Crippen LogP) is 5.74. The number of aromatic nitrogens is 1. The molecular weight excluding hydrogens is 322 g/mol. The van der Waals surface area contributed by atoms with Gasteiger partial charge in [-0.05, 0) is 23.7 Å². The van der Waals surface area contributed by atoms with E-state index in [-0.39, 0.29) is 16.3 Å². The van der Waals surface area contributed by atoms with Gasteiger partial charge in [0, 0.05) is 31.9 Å². The summed E-state index contributed by atoms with van der Waals surface area (Å²) in [5.41, 5.74) is -0.403. The van der Waals surface area contributed by atoms with Gasteiger partial charge in [0.25, 0.3) is 0 Å². The molecule has 3 aromatic rings. The van der Waals surface area contributed by atoms with E-state index in [4.69, 9.17) is 18.4 Å². The number of rotatable bonds is 3. The van der Waals surface area contributed by atoms with Gasteiger partial charge in [-0.15, -0.1) is 0 Å². The van der Waals surface area contributed by atoms with Crippen LogP contribution in [0, 0.1) is 0 Å². The van der Waals surface area contributed by atoms with E-state index in [1.54, 1.807) is 36.4 Å². The molecule has 0 unspecified atom stereocenters. The van der Waals surface area contributed by atoms with Crippen molar-refractivity contribution in [3.05, 3.63) is 66.0 Å². The van der Waals surface area contributed by atoms with E-state index in [1.165, 1.54) is 18.2 Å². The third kappa shape index (κ3) is 2.98. The number of esters is 1. The predicted molar refractivity (Wildman–Crippen MR) is 104 cm³/mol. The van der Waals surface area contributed by atoms with Crippen LogP contribution in [0.5, 0.6) is 0 Å². The van der Waals surface area contributed by atoms with Crippen molar-refractivity contribution >= 4 is 16.7 Å². The molecule has 1 saturated carbocycles. The molecule has 3 heteroatoms. The molecule has 1 heterocycles. The number of benzene rings is 2. The fraction of sp³-hybridized carbons (Fsp3) is 0.304. The standard InChI is InChI=1S/C23H23NO2/c1-26-23(25)22-20(16-10-4-2-5-11-16)18-14-8-9-15-19(18)21(24-22)17-12-6-3-7-13-17/h2,4-5,8-11,14-15,17H,3,6-7,12-13H2,1H3/i3D2,6D2,7D2,12D2,13D2,17D. The molecule has 4 rings (SSSR count). The van der Waals surface area contributed by atoms with Crippen LogP contribution in [-0.2, 0) is 4.74 Å². The summed E-state index contributed by atoms with van der Waals surface area (Å²) in [7, 11) is 1.08. The van der Waals surface area contributed by atoms with Crippen molar-refractivity contribution in [2.45, 2.75) is 37.8 Å². The van der Waals surface area contributed by atoms with Gasteiger partial charge in [0.1, 0.15) is 0 Å². The molecule has 1 aliphatic carbocycles. The van der Waals surface area contributed by atoms with Gasteiger partial charge in [-0.1, -0.05) is 73.7 Å². The Morgan fingerprint density at radius 2 is 1.69 bits per heavy atom. The lowest BCUT2D eigenvalue weighted by molar-refractivity contribution is 0.0595. The second-order valence-corrected chi connectivity index (χ2v) is 5.59. The molecule has 0 N–H and O–H groups in total. The Morgan fingerprint density at radius 1 is 1.04 bits per heavy atom. The van der Waals surface area contributed by atoms with Gasteiger partial charge >= 0.3 is 5.97 Å². The van der Waals surface area contributed by atoms with Crippen LogP contribution in [0.4, 0.5) is 0 Å². The number of carbonyl (C=O) groups is 1. The lowest BCUT2D eigenvalue weighted by Crippen LogP contribution is -2.13. The highest BCUT2D eigenvalue weighted by atomic mass is 16.5. The third-order valence-corrected chi connectivity index (χ3v) is 4.09. The number of hydrogen-bond donors (Lipinski definition) is 0. The first-order valence-electron chi connectivity index (χ1n) is 13.5. The first kappa shape index (κ1) is 8.34. The number of fused-ring (bicyclic) bond motifs is 1. The summed E-state index contributed by atoms with van der Waals surface area (Å²) in [5.74, 6) is -4.45. The topological polar surface area (TPSA) is 39.2 Å². The molecule has 26 heavy (non-hydrogen) atoms. The van der Waals surface area contributed by atoms with Crippen LogP contribution in [0.2, 0.25) is 0 Å². The number of pyridine rings is 1. The van der Waals surface area contributed by atoms with Crippen molar-refractivity contribution in [3.63, 3.8) is 0 Å². The zero-order chi connectivity index (χ0) is 27.8. The molecule has 0 spiro atoms. The minimum Gasteiger partial charge on any atom is -0.464 e. The molecule has 0 bridgehead atoms. The van der Waals surface area contributed by atoms with Crippen LogP contribution in [0.25, 0.3) is 21.9 Å². The van der Waals surface area contributed by atoms with E-state index >= 15 is 0 Å². The highest BCUT2D eigenvalue weighted by molar-refractivity contribution is 6.07. The van der Waals surface area contributed by atoms with E-state index < -0.39 is 55.1 Å². The number of ether oxygens (including phenoxy) is 1. The number of methoxy groups -OCH3 is 1. The van der Waals surface area contributed by atoms with Gasteiger partial charge in [0.05, 0.1) is 12.8 Å². The van der Waals surface area contributed by atoms with Crippen LogP contribution in [-0.4, -0.2) is 18.1 Å². The van der Waals surface area contributed by atoms with E-state index in [0.29, 0.717) is 5.56 Å². The van der Waals surface area contributed by atoms with Gasteiger partial charge in [-0.3, -0.25) is 0 Å². The molecular formula is C23H23NO2. The average molecular weight is 357 g/mol. The summed E-state index contributed by atoms with van der Waals surface area (Å²) < 4.78 is 98.0. The van der Waals surface area contributed by atoms with Crippen LogP contribution in [0.15, 0.2) is 54.6 Å². The van der Waals surface area contributed by atoms with Crippen molar-refractivity contribution < 1.29 is 24.6 Å². The molecule has 0 amide bonds. The Bertz CT molecular complexity index is 1360. The zero-order valence-corrected chi connectivity index (χ0v) is 14.0. The fourth-order valence-electron chi connectivity index (χ4n) is 2.96. The Kier molecular flexibility index (Phi) is 2.34. The normalized spacial score (nSPS) is 32.3. The van der Waals surface area contributed by atoms with Crippen LogP contribution >= 0.6 is 0 Å². The number of nitrogens with zero attached hydrogens (tertiary/aromatic N) is 1. The molecule has 3 nitrogen and oxygen atoms in total. The van der Waals surface area contributed by atoms with Gasteiger partial charge in [-0.25, -0.2) is 9.78 Å². The minimum absolute atomic E-state index is 0.0224. The van der Waals surface area contributed by atoms with Gasteiger partial charge in [0.2, 0.25) is 0 Å². The zero-order valence-electron chi connectivity index (χ0n) is 25.0. The third-order valence-electron chi connectivity index (χ3n) is 4.09. The molecule has 0 atom stereocenters. The molecule has 0 saturated heterocycles. The first-order valence-corrected chi connectivity index (χ1v) is 8.00. The van der Waals surface area contributed by atoms with Crippen molar-refractivity contribution in [3.8, 4) is 11.1 Å². The van der Waals surface area contributed by atoms with E-state index in [0.717, 1.165) is 7.11 Å². The van der Waals surface area contributed by atoms with Gasteiger partial charge in [-0.2, -0.15) is 0 Å². The molecule has 0 aliphatic heterocycles. The maximum atomic E-state index is 12.9. The second kappa shape index (κ2) is 7.28. The van der Waals surface area contributed by atoms with Crippen molar-refractivity contribution in [1.82, 2.24) is 4.98 Å². The van der Waals surface area contributed by atoms with E-state index in [2.05, 4.69) is 4.98 Å². The maximum absolute atomic E-state index is 12.9. The van der Waals surface area contributed by atoms with E-state index in [9.17, 15) is 6.17 Å². The molecule has 0 radical (unpaired) electrons. The fourth-order valence-corrected chi connectivity index (χ4v) is 2.96. The first-order chi connectivity index (χ1) is 16.9. The monoisotopic (exact) mass is 356 g/mol. The van der Waals surface area contributed by atoms with Crippen LogP contribution in [0.3, 0.4) is 0 Å².